The van der Waals surface area contributed by atoms with Crippen LogP contribution >= 0.6 is 0 Å². The molecule has 1 heterocycles. The molecule has 3 aromatic rings. The number of nitrogens with one attached hydrogen (secondary N) is 1. The van der Waals surface area contributed by atoms with Gasteiger partial charge in [-0.3, -0.25) is 9.59 Å². The van der Waals surface area contributed by atoms with Crippen LogP contribution in [-0.4, -0.2) is 50.1 Å². The van der Waals surface area contributed by atoms with Gasteiger partial charge in [0, 0.05) is 19.2 Å². The van der Waals surface area contributed by atoms with Gasteiger partial charge in [0.25, 0.3) is 5.91 Å². The second-order valence-corrected chi connectivity index (χ2v) is 7.86. The molecular weight excluding hydrogens is 416 g/mol. The Morgan fingerprint density at radius 1 is 0.909 bits per heavy atom. The maximum absolute atomic E-state index is 13.5. The van der Waals surface area contributed by atoms with Crippen molar-refractivity contribution in [3.8, 4) is 5.75 Å². The van der Waals surface area contributed by atoms with E-state index in [0.29, 0.717) is 31.9 Å². The van der Waals surface area contributed by atoms with Gasteiger partial charge in [0.05, 0.1) is 25.1 Å². The monoisotopic (exact) mass is 444 g/mol. The molecule has 0 aromatic heterocycles. The lowest BCUT2D eigenvalue weighted by Gasteiger charge is -2.41. The minimum atomic E-state index is -0.546. The number of ether oxygens (including phenoxy) is 2. The summed E-state index contributed by atoms with van der Waals surface area (Å²) in [4.78, 5) is 28.7. The summed E-state index contributed by atoms with van der Waals surface area (Å²) < 4.78 is 11.0. The van der Waals surface area contributed by atoms with Crippen molar-refractivity contribution in [3.05, 3.63) is 102 Å². The van der Waals surface area contributed by atoms with Crippen LogP contribution in [0.15, 0.2) is 84.9 Å². The summed E-state index contributed by atoms with van der Waals surface area (Å²) in [5.74, 6) is -0.0148. The Balaban J connectivity index is 1.61. The summed E-state index contributed by atoms with van der Waals surface area (Å²) >= 11 is 0. The molecule has 170 valence electrons. The number of methoxy groups -OCH3 is 1. The van der Waals surface area contributed by atoms with Crippen molar-refractivity contribution in [2.75, 3.05) is 33.4 Å². The lowest BCUT2D eigenvalue weighted by atomic mass is 9.79. The van der Waals surface area contributed by atoms with Gasteiger partial charge in [-0.15, -0.1) is 0 Å². The van der Waals surface area contributed by atoms with Crippen LogP contribution in [0.25, 0.3) is 0 Å². The molecule has 0 saturated heterocycles. The summed E-state index contributed by atoms with van der Waals surface area (Å²) in [5.41, 5.74) is 2.21. The number of hydrogen-bond acceptors (Lipinski definition) is 4. The Morgan fingerprint density at radius 3 is 2.30 bits per heavy atom. The lowest BCUT2D eigenvalue weighted by Crippen LogP contribution is -2.48. The van der Waals surface area contributed by atoms with Crippen molar-refractivity contribution >= 4 is 11.8 Å². The van der Waals surface area contributed by atoms with Crippen LogP contribution < -0.4 is 10.1 Å². The summed E-state index contributed by atoms with van der Waals surface area (Å²) in [6, 6.07) is 26.1. The van der Waals surface area contributed by atoms with Crippen molar-refractivity contribution < 1.29 is 19.1 Å². The molecule has 0 spiro atoms. The summed E-state index contributed by atoms with van der Waals surface area (Å²) in [6.45, 7) is 1.49. The highest BCUT2D eigenvalue weighted by Crippen LogP contribution is 2.42. The Kier molecular flexibility index (Phi) is 7.37. The molecule has 2 unspecified atom stereocenters. The zero-order valence-electron chi connectivity index (χ0n) is 18.6. The minimum absolute atomic E-state index is 0.0898. The highest BCUT2D eigenvalue weighted by Gasteiger charge is 2.43. The van der Waals surface area contributed by atoms with Crippen LogP contribution in [0.3, 0.4) is 0 Å². The van der Waals surface area contributed by atoms with Crippen LogP contribution in [0.5, 0.6) is 5.75 Å². The molecule has 0 saturated carbocycles. The fourth-order valence-corrected chi connectivity index (χ4v) is 4.30. The molecule has 1 aliphatic rings. The minimum Gasteiger partial charge on any atom is -0.492 e. The van der Waals surface area contributed by atoms with E-state index in [2.05, 4.69) is 5.32 Å². The fourth-order valence-electron chi connectivity index (χ4n) is 4.30. The summed E-state index contributed by atoms with van der Waals surface area (Å²) in [7, 11) is 1.61. The van der Waals surface area contributed by atoms with E-state index in [1.165, 1.54) is 0 Å². The van der Waals surface area contributed by atoms with E-state index in [-0.39, 0.29) is 11.8 Å². The van der Waals surface area contributed by atoms with Gasteiger partial charge in [0.2, 0.25) is 5.91 Å². The second-order valence-electron chi connectivity index (χ2n) is 7.86. The third-order valence-corrected chi connectivity index (χ3v) is 5.81. The lowest BCUT2D eigenvalue weighted by molar-refractivity contribution is -0.124. The van der Waals surface area contributed by atoms with Crippen LogP contribution in [0.1, 0.15) is 33.4 Å². The predicted molar refractivity (Wildman–Crippen MR) is 126 cm³/mol. The Morgan fingerprint density at radius 2 is 1.58 bits per heavy atom. The first-order valence-electron chi connectivity index (χ1n) is 11.1. The van der Waals surface area contributed by atoms with Gasteiger partial charge in [-0.1, -0.05) is 66.7 Å². The Labute approximate surface area is 194 Å². The molecule has 1 N–H and O–H groups in total. The van der Waals surface area contributed by atoms with Crippen molar-refractivity contribution in [1.29, 1.82) is 0 Å². The molecule has 4 rings (SSSR count). The number of benzene rings is 3. The van der Waals surface area contributed by atoms with Gasteiger partial charge in [0.1, 0.15) is 12.4 Å². The SMILES string of the molecule is COCCN1C(=O)c2ccccc2C(C(=O)NCCOc2ccccc2)C1c1ccccc1. The fraction of sp³-hybridized carbons (Fsp3) is 0.259. The highest BCUT2D eigenvalue weighted by atomic mass is 16.5. The van der Waals surface area contributed by atoms with Crippen molar-refractivity contribution in [1.82, 2.24) is 10.2 Å². The average molecular weight is 445 g/mol. The van der Waals surface area contributed by atoms with Gasteiger partial charge < -0.3 is 19.7 Å². The molecule has 2 atom stereocenters. The third kappa shape index (κ3) is 5.07. The number of rotatable bonds is 9. The number of para-hydroxylation sites is 1. The topological polar surface area (TPSA) is 67.9 Å². The molecule has 0 aliphatic carbocycles. The molecule has 1 aliphatic heterocycles. The molecule has 6 nitrogen and oxygen atoms in total. The quantitative estimate of drug-likeness (QED) is 0.510. The zero-order valence-corrected chi connectivity index (χ0v) is 18.6. The first-order chi connectivity index (χ1) is 16.2. The molecule has 0 fully saturated rings. The van der Waals surface area contributed by atoms with Crippen LogP contribution in [0, 0.1) is 0 Å². The molecule has 33 heavy (non-hydrogen) atoms. The van der Waals surface area contributed by atoms with Gasteiger partial charge in [-0.05, 0) is 29.3 Å². The second kappa shape index (κ2) is 10.8. The van der Waals surface area contributed by atoms with Gasteiger partial charge in [0.15, 0.2) is 0 Å². The largest absolute Gasteiger partial charge is 0.492 e. The predicted octanol–water partition coefficient (Wildman–Crippen LogP) is 3.81. The number of nitrogens with zero attached hydrogens (tertiary/aromatic N) is 1. The molecule has 0 radical (unpaired) electrons. The normalized spacial score (nSPS) is 17.4. The summed E-state index contributed by atoms with van der Waals surface area (Å²) in [5, 5.41) is 3.02. The van der Waals surface area contributed by atoms with Gasteiger partial charge in [-0.2, -0.15) is 0 Å². The number of carbonyl (C=O) groups is 2. The van der Waals surface area contributed by atoms with E-state index in [4.69, 9.17) is 9.47 Å². The average Bonchev–Trinajstić information content (AvgIpc) is 2.87. The first-order valence-corrected chi connectivity index (χ1v) is 11.1. The van der Waals surface area contributed by atoms with E-state index in [9.17, 15) is 9.59 Å². The number of hydrogen-bond donors (Lipinski definition) is 1. The zero-order chi connectivity index (χ0) is 23.0. The van der Waals surface area contributed by atoms with Crippen molar-refractivity contribution in [2.24, 2.45) is 0 Å². The van der Waals surface area contributed by atoms with Crippen LogP contribution in [0.4, 0.5) is 0 Å². The van der Waals surface area contributed by atoms with E-state index >= 15 is 0 Å². The Hall–Kier alpha value is -3.64. The van der Waals surface area contributed by atoms with Crippen LogP contribution in [-0.2, 0) is 9.53 Å². The molecule has 2 amide bonds. The maximum atomic E-state index is 13.5. The summed E-state index contributed by atoms with van der Waals surface area (Å²) in [6.07, 6.45) is 0. The number of carbonyl (C=O) groups excluding carboxylic acids is 2. The molecule has 0 bridgehead atoms. The molecule has 6 heteroatoms. The van der Waals surface area contributed by atoms with Crippen LogP contribution in [0.2, 0.25) is 0 Å². The van der Waals surface area contributed by atoms with E-state index in [0.717, 1.165) is 16.9 Å². The number of amides is 2. The molecular formula is C27H28N2O4. The van der Waals surface area contributed by atoms with Crippen molar-refractivity contribution in [3.63, 3.8) is 0 Å². The van der Waals surface area contributed by atoms with Gasteiger partial charge >= 0.3 is 0 Å². The Bertz CT molecular complexity index is 1070. The van der Waals surface area contributed by atoms with E-state index in [1.807, 2.05) is 78.9 Å². The highest BCUT2D eigenvalue weighted by molar-refractivity contribution is 6.01. The van der Waals surface area contributed by atoms with Gasteiger partial charge in [-0.25, -0.2) is 0 Å². The smallest absolute Gasteiger partial charge is 0.254 e. The van der Waals surface area contributed by atoms with E-state index < -0.39 is 12.0 Å². The third-order valence-electron chi connectivity index (χ3n) is 5.81. The van der Waals surface area contributed by atoms with E-state index in [1.54, 1.807) is 18.1 Å². The first kappa shape index (κ1) is 22.6. The number of fused-ring (bicyclic) bond motifs is 1. The molecule has 3 aromatic carbocycles. The maximum Gasteiger partial charge on any atom is 0.254 e. The van der Waals surface area contributed by atoms with Crippen molar-refractivity contribution in [2.45, 2.75) is 12.0 Å². The standard InChI is InChI=1S/C27H28N2O4/c1-32-19-17-29-25(20-10-4-2-5-11-20)24(22-14-8-9-15-23(22)27(29)31)26(30)28-16-18-33-21-12-6-3-7-13-21/h2-15,24-25H,16-19H2,1H3,(H,28,30).